The summed E-state index contributed by atoms with van der Waals surface area (Å²) < 4.78 is 1.95. The van der Waals surface area contributed by atoms with Crippen molar-refractivity contribution in [3.05, 3.63) is 34.8 Å². The number of rotatable bonds is 2. The van der Waals surface area contributed by atoms with E-state index in [1.807, 2.05) is 32.3 Å². The predicted octanol–water partition coefficient (Wildman–Crippen LogP) is 4.00. The average Bonchev–Trinajstić information content (AvgIpc) is 3.22. The number of likely N-dealkylation sites (tertiary alicyclic amines) is 1. The zero-order valence-corrected chi connectivity index (χ0v) is 14.0. The fraction of sp³-hybridized carbons (Fsp3) is 0.375. The van der Waals surface area contributed by atoms with Gasteiger partial charge in [0.25, 0.3) is 5.91 Å². The third-order valence-electron chi connectivity index (χ3n) is 4.15. The Balaban J connectivity index is 1.68. The van der Waals surface area contributed by atoms with Gasteiger partial charge in [-0.25, -0.2) is 4.98 Å². The van der Waals surface area contributed by atoms with Gasteiger partial charge in [-0.1, -0.05) is 13.0 Å². The summed E-state index contributed by atoms with van der Waals surface area (Å²) in [4.78, 5) is 21.5. The van der Waals surface area contributed by atoms with Gasteiger partial charge in [-0.3, -0.25) is 9.20 Å². The highest BCUT2D eigenvalue weighted by Crippen LogP contribution is 2.28. The molecule has 1 atom stereocenters. The molecular weight excluding hydrogens is 314 g/mol. The van der Waals surface area contributed by atoms with Gasteiger partial charge in [0.2, 0.25) is 0 Å². The summed E-state index contributed by atoms with van der Waals surface area (Å²) in [6, 6.07) is 4.08. The number of thiophene rings is 1. The van der Waals surface area contributed by atoms with Crippen molar-refractivity contribution in [2.45, 2.75) is 19.8 Å². The first-order chi connectivity index (χ1) is 10.7. The first-order valence-electron chi connectivity index (χ1n) is 7.52. The Labute approximate surface area is 137 Å². The number of nitrogens with zero attached hydrogens (tertiary/aromatic N) is 3. The number of hydrogen-bond donors (Lipinski definition) is 0. The maximum Gasteiger partial charge on any atom is 0.271 e. The highest BCUT2D eigenvalue weighted by Gasteiger charge is 2.25. The molecule has 3 aromatic heterocycles. The molecule has 0 radical (unpaired) electrons. The van der Waals surface area contributed by atoms with Crippen molar-refractivity contribution >= 4 is 33.5 Å². The number of amides is 1. The summed E-state index contributed by atoms with van der Waals surface area (Å²) in [5.74, 6) is 0.726. The van der Waals surface area contributed by atoms with Gasteiger partial charge in [-0.05, 0) is 30.2 Å². The second kappa shape index (κ2) is 5.52. The number of aromatic nitrogens is 2. The molecule has 1 unspecified atom stereocenters. The summed E-state index contributed by atoms with van der Waals surface area (Å²) in [6.45, 7) is 3.95. The van der Waals surface area contributed by atoms with Crippen LogP contribution in [0.3, 0.4) is 0 Å². The van der Waals surface area contributed by atoms with E-state index >= 15 is 0 Å². The molecule has 1 aliphatic rings. The smallest absolute Gasteiger partial charge is 0.271 e. The van der Waals surface area contributed by atoms with Crippen LogP contribution in [0.2, 0.25) is 0 Å². The third kappa shape index (κ3) is 2.36. The Kier molecular flexibility index (Phi) is 3.50. The maximum absolute atomic E-state index is 12.8. The zero-order valence-electron chi connectivity index (χ0n) is 12.4. The van der Waals surface area contributed by atoms with Crippen LogP contribution in [-0.2, 0) is 0 Å². The molecule has 4 rings (SSSR count). The van der Waals surface area contributed by atoms with E-state index in [-0.39, 0.29) is 5.91 Å². The molecule has 22 heavy (non-hydrogen) atoms. The molecular formula is C16H17N3OS2. The number of piperidine rings is 1. The number of imidazole rings is 1. The molecule has 4 heterocycles. The summed E-state index contributed by atoms with van der Waals surface area (Å²) in [7, 11) is 0. The summed E-state index contributed by atoms with van der Waals surface area (Å²) in [6.07, 6.45) is 4.30. The highest BCUT2D eigenvalue weighted by atomic mass is 32.1. The first-order valence-corrected chi connectivity index (χ1v) is 9.28. The molecule has 0 spiro atoms. The van der Waals surface area contributed by atoms with E-state index in [4.69, 9.17) is 0 Å². The van der Waals surface area contributed by atoms with Crippen molar-refractivity contribution in [3.8, 4) is 10.6 Å². The molecule has 1 aliphatic heterocycles. The number of fused-ring (bicyclic) bond motifs is 1. The summed E-state index contributed by atoms with van der Waals surface area (Å²) in [5, 5.41) is 3.98. The van der Waals surface area contributed by atoms with E-state index in [2.05, 4.69) is 18.0 Å². The second-order valence-corrected chi connectivity index (χ2v) is 7.66. The van der Waals surface area contributed by atoms with Crippen LogP contribution in [0.1, 0.15) is 30.3 Å². The number of hydrogen-bond acceptors (Lipinski definition) is 4. The molecule has 4 nitrogen and oxygen atoms in total. The van der Waals surface area contributed by atoms with Crippen LogP contribution in [0.25, 0.3) is 15.5 Å². The quantitative estimate of drug-likeness (QED) is 0.712. The van der Waals surface area contributed by atoms with Crippen molar-refractivity contribution in [1.29, 1.82) is 0 Å². The van der Waals surface area contributed by atoms with Crippen molar-refractivity contribution in [3.63, 3.8) is 0 Å². The SMILES string of the molecule is CC1CCCN(C(=O)c2csc3nc(-c4cccs4)cn23)C1. The van der Waals surface area contributed by atoms with Crippen molar-refractivity contribution in [2.75, 3.05) is 13.1 Å². The number of carbonyl (C=O) groups excluding carboxylic acids is 1. The molecule has 6 heteroatoms. The predicted molar refractivity (Wildman–Crippen MR) is 90.7 cm³/mol. The fourth-order valence-corrected chi connectivity index (χ4v) is 4.54. The number of thiazole rings is 1. The van der Waals surface area contributed by atoms with Gasteiger partial charge in [-0.15, -0.1) is 22.7 Å². The van der Waals surface area contributed by atoms with Crippen LogP contribution in [0.4, 0.5) is 0 Å². The van der Waals surface area contributed by atoms with E-state index in [9.17, 15) is 4.79 Å². The van der Waals surface area contributed by atoms with Gasteiger partial charge in [0, 0.05) is 24.7 Å². The minimum atomic E-state index is 0.132. The van der Waals surface area contributed by atoms with E-state index in [0.717, 1.165) is 40.7 Å². The van der Waals surface area contributed by atoms with Gasteiger partial charge < -0.3 is 4.90 Å². The first kappa shape index (κ1) is 14.0. The normalized spacial score (nSPS) is 19.0. The van der Waals surface area contributed by atoms with E-state index < -0.39 is 0 Å². The lowest BCUT2D eigenvalue weighted by atomic mass is 10.0. The Bertz CT molecular complexity index is 803. The molecule has 114 valence electrons. The molecule has 0 aliphatic carbocycles. The van der Waals surface area contributed by atoms with E-state index in [1.54, 1.807) is 11.3 Å². The van der Waals surface area contributed by atoms with Gasteiger partial charge in [0.05, 0.1) is 4.88 Å². The zero-order chi connectivity index (χ0) is 15.1. The van der Waals surface area contributed by atoms with Gasteiger partial charge in [0.1, 0.15) is 11.4 Å². The summed E-state index contributed by atoms with van der Waals surface area (Å²) in [5.41, 5.74) is 1.69. The molecule has 1 amide bonds. The minimum Gasteiger partial charge on any atom is -0.337 e. The lowest BCUT2D eigenvalue weighted by molar-refractivity contribution is 0.0676. The van der Waals surface area contributed by atoms with Crippen LogP contribution in [0, 0.1) is 5.92 Å². The third-order valence-corrected chi connectivity index (χ3v) is 5.88. The average molecular weight is 331 g/mol. The van der Waals surface area contributed by atoms with Crippen LogP contribution < -0.4 is 0 Å². The van der Waals surface area contributed by atoms with Crippen LogP contribution in [-0.4, -0.2) is 33.3 Å². The summed E-state index contributed by atoms with van der Waals surface area (Å²) >= 11 is 3.20. The topological polar surface area (TPSA) is 37.6 Å². The maximum atomic E-state index is 12.8. The monoisotopic (exact) mass is 331 g/mol. The van der Waals surface area contributed by atoms with Gasteiger partial charge >= 0.3 is 0 Å². The van der Waals surface area contributed by atoms with Gasteiger partial charge in [-0.2, -0.15) is 0 Å². The Hall–Kier alpha value is -1.66. The molecule has 3 aromatic rings. The van der Waals surface area contributed by atoms with Gasteiger partial charge in [0.15, 0.2) is 4.96 Å². The van der Waals surface area contributed by atoms with Crippen LogP contribution >= 0.6 is 22.7 Å². The van der Waals surface area contributed by atoms with E-state index in [0.29, 0.717) is 5.92 Å². The van der Waals surface area contributed by atoms with E-state index in [1.165, 1.54) is 17.8 Å². The largest absolute Gasteiger partial charge is 0.337 e. The highest BCUT2D eigenvalue weighted by molar-refractivity contribution is 7.15. The lowest BCUT2D eigenvalue weighted by Gasteiger charge is -2.30. The Morgan fingerprint density at radius 2 is 2.32 bits per heavy atom. The van der Waals surface area contributed by atoms with Crippen molar-refractivity contribution < 1.29 is 4.79 Å². The van der Waals surface area contributed by atoms with Crippen LogP contribution in [0.5, 0.6) is 0 Å². The standard InChI is InChI=1S/C16H17N3OS2/c1-11-4-2-6-18(8-11)15(20)13-10-22-16-17-12(9-19(13)16)14-5-3-7-21-14/h3,5,7,9-11H,2,4,6,8H2,1H3. The molecule has 0 saturated carbocycles. The number of carbonyl (C=O) groups is 1. The second-order valence-electron chi connectivity index (χ2n) is 5.88. The van der Waals surface area contributed by atoms with Crippen molar-refractivity contribution in [2.24, 2.45) is 5.92 Å². The van der Waals surface area contributed by atoms with Crippen LogP contribution in [0.15, 0.2) is 29.1 Å². The lowest BCUT2D eigenvalue weighted by Crippen LogP contribution is -2.39. The molecule has 0 aromatic carbocycles. The minimum absolute atomic E-state index is 0.132. The molecule has 0 bridgehead atoms. The Morgan fingerprint density at radius 1 is 1.41 bits per heavy atom. The molecule has 1 saturated heterocycles. The van der Waals surface area contributed by atoms with Crippen molar-refractivity contribution in [1.82, 2.24) is 14.3 Å². The fourth-order valence-electron chi connectivity index (χ4n) is 3.02. The molecule has 1 fully saturated rings. The molecule has 0 N–H and O–H groups in total. The Morgan fingerprint density at radius 3 is 3.09 bits per heavy atom.